The zero-order chi connectivity index (χ0) is 11.4. The molecule has 0 amide bonds. The molecular formula is C8H12ClNO4. The summed E-state index contributed by atoms with van der Waals surface area (Å²) < 4.78 is 32.7. The average Bonchev–Trinajstić information content (AvgIpc) is 1.97. The van der Waals surface area contributed by atoms with E-state index >= 15 is 0 Å². The Morgan fingerprint density at radius 2 is 1.64 bits per heavy atom. The van der Waals surface area contributed by atoms with Gasteiger partial charge in [0.1, 0.15) is 0 Å². The molecule has 1 aromatic rings. The molecule has 1 aromatic heterocycles. The predicted octanol–water partition coefficient (Wildman–Crippen LogP) is -2.12. The summed E-state index contributed by atoms with van der Waals surface area (Å²) in [7, 11) is -4.69. The van der Waals surface area contributed by atoms with Crippen LogP contribution in [0.1, 0.15) is 16.8 Å². The summed E-state index contributed by atoms with van der Waals surface area (Å²) >= 11 is 0. The number of hydrogen-bond donors (Lipinski definition) is 1. The molecule has 1 heterocycles. The highest BCUT2D eigenvalue weighted by atomic mass is 35.7. The second kappa shape index (κ2) is 5.23. The predicted molar refractivity (Wildman–Crippen MR) is 40.7 cm³/mol. The Labute approximate surface area is 84.4 Å². The topological polar surface area (TPSA) is 102 Å². The first-order chi connectivity index (χ1) is 6.22. The number of aromatic nitrogens is 1. The highest BCUT2D eigenvalue weighted by molar-refractivity contribution is 5.25. The van der Waals surface area contributed by atoms with Crippen molar-refractivity contribution in [2.45, 2.75) is 20.8 Å². The third-order valence-corrected chi connectivity index (χ3v) is 1.73. The zero-order valence-electron chi connectivity index (χ0n) is 8.15. The van der Waals surface area contributed by atoms with Crippen molar-refractivity contribution in [3.05, 3.63) is 29.1 Å². The Hall–Kier alpha value is -0.720. The van der Waals surface area contributed by atoms with E-state index in [4.69, 9.17) is 18.6 Å². The third-order valence-electron chi connectivity index (χ3n) is 1.73. The van der Waals surface area contributed by atoms with E-state index in [1.54, 1.807) is 0 Å². The first kappa shape index (κ1) is 13.3. The van der Waals surface area contributed by atoms with E-state index in [0.717, 1.165) is 5.69 Å². The summed E-state index contributed by atoms with van der Waals surface area (Å²) in [6, 6.07) is 2.03. The Balaban J connectivity index is 0.000000292. The maximum absolute atomic E-state index is 8.60. The van der Waals surface area contributed by atoms with E-state index in [9.17, 15) is 0 Å². The van der Waals surface area contributed by atoms with Gasteiger partial charge < -0.3 is 0 Å². The molecule has 5 nitrogen and oxygen atoms in total. The molecule has 0 spiro atoms. The lowest BCUT2D eigenvalue weighted by atomic mass is 10.1. The van der Waals surface area contributed by atoms with Gasteiger partial charge >= 0.3 is 0 Å². The number of rotatable bonds is 0. The molecule has 1 N–H and O–H groups in total. The number of hydrogen-bond acceptors (Lipinski definition) is 5. The number of nitrogens with zero attached hydrogens (tertiary/aromatic N) is 1. The van der Waals surface area contributed by atoms with Gasteiger partial charge in [-0.05, 0) is 38.0 Å². The Morgan fingerprint density at radius 3 is 1.93 bits per heavy atom. The second-order valence-corrected chi connectivity index (χ2v) is 3.53. The molecule has 14 heavy (non-hydrogen) atoms. The van der Waals surface area contributed by atoms with Crippen molar-refractivity contribution in [1.29, 1.82) is 0 Å². The van der Waals surface area contributed by atoms with Crippen molar-refractivity contribution in [3.8, 4) is 0 Å². The molecule has 0 atom stereocenters. The molecule has 80 valence electrons. The number of aryl methyl sites for hydroxylation is 2. The van der Waals surface area contributed by atoms with E-state index < -0.39 is 10.2 Å². The van der Waals surface area contributed by atoms with E-state index in [1.807, 2.05) is 19.2 Å². The van der Waals surface area contributed by atoms with Crippen LogP contribution in [-0.4, -0.2) is 9.64 Å². The van der Waals surface area contributed by atoms with Gasteiger partial charge in [-0.3, -0.25) is 4.98 Å². The van der Waals surface area contributed by atoms with Crippen LogP contribution in [0.4, 0.5) is 0 Å². The van der Waals surface area contributed by atoms with Crippen molar-refractivity contribution in [1.82, 2.24) is 4.98 Å². The van der Waals surface area contributed by atoms with Crippen LogP contribution >= 0.6 is 0 Å². The molecular weight excluding hydrogens is 210 g/mol. The molecule has 0 fully saturated rings. The average molecular weight is 222 g/mol. The van der Waals surface area contributed by atoms with Crippen LogP contribution in [0.25, 0.3) is 0 Å². The van der Waals surface area contributed by atoms with Crippen LogP contribution in [0.15, 0.2) is 12.3 Å². The molecule has 0 bridgehead atoms. The molecule has 0 aliphatic rings. The molecule has 1 rings (SSSR count). The minimum absolute atomic E-state index is 1.13. The monoisotopic (exact) mass is 221 g/mol. The quantitative estimate of drug-likeness (QED) is 0.540. The highest BCUT2D eigenvalue weighted by Gasteiger charge is 1.98. The van der Waals surface area contributed by atoms with Gasteiger partial charge in [0.2, 0.25) is 0 Å². The largest absolute Gasteiger partial charge is 0.261 e. The first-order valence-corrected chi connectivity index (χ1v) is 5.00. The van der Waals surface area contributed by atoms with E-state index in [1.165, 1.54) is 11.1 Å². The summed E-state index contributed by atoms with van der Waals surface area (Å²) in [5.41, 5.74) is 3.76. The van der Waals surface area contributed by atoms with Gasteiger partial charge in [0.15, 0.2) is 0 Å². The van der Waals surface area contributed by atoms with E-state index in [-0.39, 0.29) is 0 Å². The summed E-state index contributed by atoms with van der Waals surface area (Å²) in [6.07, 6.45) is 1.84. The maximum Gasteiger partial charge on any atom is 0.0777 e. The summed E-state index contributed by atoms with van der Waals surface area (Å²) in [6.45, 7) is 6.23. The Kier molecular flexibility index (Phi) is 4.96. The van der Waals surface area contributed by atoms with E-state index in [0.29, 0.717) is 0 Å². The number of halogens is 1. The normalized spacial score (nSPS) is 10.5. The smallest absolute Gasteiger partial charge is 0.0777 e. The van der Waals surface area contributed by atoms with Crippen LogP contribution in [0.2, 0.25) is 0 Å². The van der Waals surface area contributed by atoms with Crippen molar-refractivity contribution >= 4 is 0 Å². The lowest BCUT2D eigenvalue weighted by Gasteiger charge is -2.03. The van der Waals surface area contributed by atoms with Crippen molar-refractivity contribution in [3.63, 3.8) is 0 Å². The summed E-state index contributed by atoms with van der Waals surface area (Å²) in [5, 5.41) is 0. The lowest BCUT2D eigenvalue weighted by Crippen LogP contribution is -2.58. The first-order valence-electron chi connectivity index (χ1n) is 3.74. The van der Waals surface area contributed by atoms with Gasteiger partial charge in [-0.25, -0.2) is 0 Å². The summed E-state index contributed by atoms with van der Waals surface area (Å²) in [4.78, 5) is 4.14. The molecule has 0 aromatic carbocycles. The fraction of sp³-hybridized carbons (Fsp3) is 0.375. The van der Waals surface area contributed by atoms with Crippen LogP contribution in [0.3, 0.4) is 0 Å². The van der Waals surface area contributed by atoms with Crippen LogP contribution in [0.5, 0.6) is 0 Å². The standard InChI is InChI=1S/C8H11N.ClHO4/c1-6-4-5-9-8(3)7(6)2;2-1(3,4)5/h4-5H,1-3H3;(H,2,3,4,5). The van der Waals surface area contributed by atoms with Crippen LogP contribution in [0, 0.1) is 31.0 Å². The Morgan fingerprint density at radius 1 is 1.21 bits per heavy atom. The zero-order valence-corrected chi connectivity index (χ0v) is 8.91. The molecule has 6 heteroatoms. The van der Waals surface area contributed by atoms with Crippen molar-refractivity contribution in [2.24, 2.45) is 0 Å². The summed E-state index contributed by atoms with van der Waals surface area (Å²) in [5.74, 6) is 0. The maximum atomic E-state index is 8.60. The fourth-order valence-electron chi connectivity index (χ4n) is 0.768. The fourth-order valence-corrected chi connectivity index (χ4v) is 0.768. The third kappa shape index (κ3) is 6.76. The molecule has 0 saturated heterocycles. The molecule has 0 aliphatic heterocycles. The number of pyridine rings is 1. The lowest BCUT2D eigenvalue weighted by molar-refractivity contribution is -1.92. The van der Waals surface area contributed by atoms with Crippen LogP contribution < -0.4 is 14.0 Å². The molecule has 0 radical (unpaired) electrons. The van der Waals surface area contributed by atoms with Gasteiger partial charge in [-0.15, -0.1) is 0 Å². The van der Waals surface area contributed by atoms with E-state index in [2.05, 4.69) is 18.8 Å². The minimum atomic E-state index is -4.69. The molecule has 0 saturated carbocycles. The minimum Gasteiger partial charge on any atom is -0.261 e. The second-order valence-electron chi connectivity index (χ2n) is 2.73. The van der Waals surface area contributed by atoms with Gasteiger partial charge in [-0.2, -0.15) is 14.0 Å². The van der Waals surface area contributed by atoms with Gasteiger partial charge in [-0.1, -0.05) is 0 Å². The highest BCUT2D eigenvalue weighted by Crippen LogP contribution is 2.06. The molecule has 0 aliphatic carbocycles. The van der Waals surface area contributed by atoms with Crippen LogP contribution in [-0.2, 0) is 0 Å². The Bertz CT molecular complexity index is 272. The van der Waals surface area contributed by atoms with Crippen molar-refractivity contribution < 1.29 is 28.9 Å². The SMILES string of the molecule is Cc1ccnc(C)c1C.[O-][Cl+3]([O-])([O-])O. The van der Waals surface area contributed by atoms with Gasteiger partial charge in [0, 0.05) is 11.9 Å². The van der Waals surface area contributed by atoms with Gasteiger partial charge in [0.25, 0.3) is 0 Å². The van der Waals surface area contributed by atoms with Gasteiger partial charge in [0.05, 0.1) is 14.9 Å². The molecule has 0 unspecified atom stereocenters. The van der Waals surface area contributed by atoms with Crippen molar-refractivity contribution in [2.75, 3.05) is 0 Å².